The molecule has 1 aliphatic heterocycles. The number of nitrogens with zero attached hydrogens (tertiary/aromatic N) is 2. The number of hydrogen-bond acceptors (Lipinski definition) is 8. The van der Waals surface area contributed by atoms with Crippen LogP contribution < -0.4 is 0 Å². The Morgan fingerprint density at radius 2 is 0.937 bits per heavy atom. The third-order valence-electron chi connectivity index (χ3n) is 12.2. The molecule has 0 saturated carbocycles. The van der Waals surface area contributed by atoms with E-state index in [0.29, 0.717) is 26.2 Å². The second-order valence-electron chi connectivity index (χ2n) is 16.5. The summed E-state index contributed by atoms with van der Waals surface area (Å²) in [5.74, 6) is -0.295. The number of aliphatic hydroxyl groups excluding tert-OH is 1. The molecule has 0 aromatic heterocycles. The Bertz CT molecular complexity index is 2190. The van der Waals surface area contributed by atoms with E-state index >= 15 is 4.79 Å². The van der Waals surface area contributed by atoms with E-state index in [9.17, 15) is 10.2 Å². The molecule has 1 saturated heterocycles. The molecule has 2 N–H and O–H groups in total. The Kier molecular flexibility index (Phi) is 16.1. The SMILES string of the molecule is C[C@@H](O)[C@](O)(COCc1ccccc1)[C@@H](OCc1ccccc1)[C@H](OCc1ccccc1)[C@@H](OCc1ccccc1)C(=O)N1CCN(C(C)(c2ccccc2)c2ccccc2)CC1. The van der Waals surface area contributed by atoms with Gasteiger partial charge in [-0.05, 0) is 47.2 Å². The molecule has 6 aromatic rings. The number of benzene rings is 6. The van der Waals surface area contributed by atoms with Gasteiger partial charge in [-0.1, -0.05) is 182 Å². The normalized spacial score (nSPS) is 16.4. The lowest BCUT2D eigenvalue weighted by Gasteiger charge is -2.48. The van der Waals surface area contributed by atoms with Gasteiger partial charge in [0.2, 0.25) is 0 Å². The second-order valence-corrected chi connectivity index (χ2v) is 16.5. The zero-order valence-corrected chi connectivity index (χ0v) is 36.3. The number of hydrogen-bond donors (Lipinski definition) is 2. The van der Waals surface area contributed by atoms with Gasteiger partial charge in [-0.2, -0.15) is 0 Å². The van der Waals surface area contributed by atoms with Gasteiger partial charge in [-0.3, -0.25) is 9.69 Å². The van der Waals surface area contributed by atoms with Gasteiger partial charge >= 0.3 is 0 Å². The molecule has 9 nitrogen and oxygen atoms in total. The molecule has 6 aromatic carbocycles. The third kappa shape index (κ3) is 11.6. The summed E-state index contributed by atoms with van der Waals surface area (Å²) in [5, 5.41) is 24.5. The van der Waals surface area contributed by atoms with Crippen LogP contribution in [0.2, 0.25) is 0 Å². The number of amides is 1. The zero-order valence-electron chi connectivity index (χ0n) is 36.3. The highest BCUT2D eigenvalue weighted by Gasteiger charge is 2.52. The summed E-state index contributed by atoms with van der Waals surface area (Å²) in [5.41, 5.74) is 3.28. The fourth-order valence-electron chi connectivity index (χ4n) is 8.41. The van der Waals surface area contributed by atoms with Crippen molar-refractivity contribution in [3.8, 4) is 0 Å². The van der Waals surface area contributed by atoms with E-state index in [0.717, 1.165) is 22.3 Å². The van der Waals surface area contributed by atoms with Crippen LogP contribution in [0, 0.1) is 0 Å². The molecule has 63 heavy (non-hydrogen) atoms. The quantitative estimate of drug-likeness (QED) is 0.0749. The maximum Gasteiger partial charge on any atom is 0.254 e. The minimum Gasteiger partial charge on any atom is -0.390 e. The van der Waals surface area contributed by atoms with Crippen molar-refractivity contribution in [3.63, 3.8) is 0 Å². The highest BCUT2D eigenvalue weighted by atomic mass is 16.6. The molecule has 0 unspecified atom stereocenters. The van der Waals surface area contributed by atoms with E-state index in [1.165, 1.54) is 18.1 Å². The van der Waals surface area contributed by atoms with Crippen LogP contribution in [-0.2, 0) is 55.7 Å². The predicted octanol–water partition coefficient (Wildman–Crippen LogP) is 8.18. The predicted molar refractivity (Wildman–Crippen MR) is 245 cm³/mol. The molecule has 328 valence electrons. The van der Waals surface area contributed by atoms with Crippen molar-refractivity contribution >= 4 is 5.91 Å². The number of piperazine rings is 1. The molecule has 0 bridgehead atoms. The fourth-order valence-corrected chi connectivity index (χ4v) is 8.41. The molecule has 1 aliphatic rings. The molecule has 1 fully saturated rings. The van der Waals surface area contributed by atoms with E-state index in [-0.39, 0.29) is 38.9 Å². The molecule has 9 heteroatoms. The lowest BCUT2D eigenvalue weighted by molar-refractivity contribution is -0.247. The second kappa shape index (κ2) is 22.2. The van der Waals surface area contributed by atoms with Gasteiger partial charge in [0.15, 0.2) is 6.10 Å². The summed E-state index contributed by atoms with van der Waals surface area (Å²) in [4.78, 5) is 19.7. The number of rotatable bonds is 21. The highest BCUT2D eigenvalue weighted by molar-refractivity contribution is 5.82. The number of ether oxygens (including phenoxy) is 4. The average molecular weight is 849 g/mol. The highest BCUT2D eigenvalue weighted by Crippen LogP contribution is 2.37. The van der Waals surface area contributed by atoms with Crippen LogP contribution in [0.4, 0.5) is 0 Å². The minimum absolute atomic E-state index is 0.0558. The van der Waals surface area contributed by atoms with Crippen LogP contribution in [0.5, 0.6) is 0 Å². The Labute approximate surface area is 372 Å². The lowest BCUT2D eigenvalue weighted by atomic mass is 9.82. The number of carbonyl (C=O) groups is 1. The third-order valence-corrected chi connectivity index (χ3v) is 12.2. The molecular weight excluding hydrogens is 789 g/mol. The van der Waals surface area contributed by atoms with Gasteiger partial charge in [0, 0.05) is 26.2 Å². The lowest BCUT2D eigenvalue weighted by Crippen LogP contribution is -2.65. The minimum atomic E-state index is -2.06. The molecular formula is C54H60N2O7. The van der Waals surface area contributed by atoms with Gasteiger partial charge in [0.05, 0.1) is 44.7 Å². The summed E-state index contributed by atoms with van der Waals surface area (Å²) in [6.07, 6.45) is -5.18. The van der Waals surface area contributed by atoms with E-state index in [1.54, 1.807) is 0 Å². The largest absolute Gasteiger partial charge is 0.390 e. The topological polar surface area (TPSA) is 101 Å². The summed E-state index contributed by atoms with van der Waals surface area (Å²) in [6, 6.07) is 59.6. The van der Waals surface area contributed by atoms with Crippen molar-refractivity contribution in [3.05, 3.63) is 215 Å². The first kappa shape index (κ1) is 45.5. The van der Waals surface area contributed by atoms with Crippen LogP contribution in [0.25, 0.3) is 0 Å². The summed E-state index contributed by atoms with van der Waals surface area (Å²) < 4.78 is 26.6. The Morgan fingerprint density at radius 1 is 0.556 bits per heavy atom. The summed E-state index contributed by atoms with van der Waals surface area (Å²) in [6.45, 7) is 5.86. The van der Waals surface area contributed by atoms with Crippen LogP contribution in [0.1, 0.15) is 47.2 Å². The fraction of sp³-hybridized carbons (Fsp3) is 0.315. The van der Waals surface area contributed by atoms with Crippen molar-refractivity contribution in [2.24, 2.45) is 0 Å². The molecule has 7 rings (SSSR count). The van der Waals surface area contributed by atoms with Gasteiger partial charge in [-0.15, -0.1) is 0 Å². The number of aliphatic hydroxyl groups is 2. The van der Waals surface area contributed by atoms with Gasteiger partial charge in [0.1, 0.15) is 17.8 Å². The monoisotopic (exact) mass is 848 g/mol. The van der Waals surface area contributed by atoms with Crippen LogP contribution in [0.3, 0.4) is 0 Å². The van der Waals surface area contributed by atoms with E-state index < -0.39 is 35.6 Å². The van der Waals surface area contributed by atoms with Gasteiger partial charge < -0.3 is 34.1 Å². The van der Waals surface area contributed by atoms with Gasteiger partial charge in [0.25, 0.3) is 5.91 Å². The van der Waals surface area contributed by atoms with Crippen LogP contribution in [-0.4, -0.2) is 88.7 Å². The molecule has 0 aliphatic carbocycles. The van der Waals surface area contributed by atoms with Crippen molar-refractivity contribution in [2.75, 3.05) is 32.8 Å². The first-order valence-corrected chi connectivity index (χ1v) is 21.9. The standard InChI is InChI=1S/C54H60N2O7/c1-42(57)54(59,41-60-37-43-21-9-3-10-22-43)51(63-40-46-27-15-6-16-28-46)49(61-38-44-23-11-4-12-24-44)50(62-39-45-25-13-5-14-26-45)52(58)55-33-35-56(36-34-55)53(2,47-29-17-7-18-30-47)48-31-19-8-20-32-48/h3-32,42,49-51,57,59H,33-41H2,1-2H3/t42-,49-,50-,51+,54-/m1/s1. The van der Waals surface area contributed by atoms with Crippen LogP contribution >= 0.6 is 0 Å². The van der Waals surface area contributed by atoms with E-state index in [1.807, 2.05) is 138 Å². The Balaban J connectivity index is 1.25. The first-order valence-electron chi connectivity index (χ1n) is 21.9. The Hall–Kier alpha value is -5.49. The Morgan fingerprint density at radius 3 is 1.37 bits per heavy atom. The number of carbonyl (C=O) groups excluding carboxylic acids is 1. The molecule has 0 spiro atoms. The van der Waals surface area contributed by atoms with Crippen molar-refractivity contribution < 1.29 is 34.0 Å². The van der Waals surface area contributed by atoms with E-state index in [2.05, 4.69) is 60.4 Å². The average Bonchev–Trinajstić information content (AvgIpc) is 3.34. The summed E-state index contributed by atoms with van der Waals surface area (Å²) >= 11 is 0. The smallest absolute Gasteiger partial charge is 0.254 e. The zero-order chi connectivity index (χ0) is 43.9. The van der Waals surface area contributed by atoms with E-state index in [4.69, 9.17) is 18.9 Å². The molecule has 0 radical (unpaired) electrons. The molecule has 5 atom stereocenters. The maximum atomic E-state index is 15.4. The maximum absolute atomic E-state index is 15.4. The van der Waals surface area contributed by atoms with Crippen molar-refractivity contribution in [2.45, 2.75) is 75.8 Å². The van der Waals surface area contributed by atoms with Gasteiger partial charge in [-0.25, -0.2) is 0 Å². The molecule has 1 amide bonds. The molecule has 1 heterocycles. The van der Waals surface area contributed by atoms with Crippen molar-refractivity contribution in [1.82, 2.24) is 9.80 Å². The van der Waals surface area contributed by atoms with Crippen molar-refractivity contribution in [1.29, 1.82) is 0 Å². The van der Waals surface area contributed by atoms with Crippen LogP contribution in [0.15, 0.2) is 182 Å². The first-order chi connectivity index (χ1) is 30.8. The summed E-state index contributed by atoms with van der Waals surface area (Å²) in [7, 11) is 0.